The smallest absolute Gasteiger partial charge is 0.326 e. The van der Waals surface area contributed by atoms with Gasteiger partial charge in [0.25, 0.3) is 0 Å². The summed E-state index contributed by atoms with van der Waals surface area (Å²) in [6, 6.07) is 2.73. The number of aliphatic carboxylic acids is 3. The Kier molecular flexibility index (Phi) is 42.6. The van der Waals surface area contributed by atoms with Crippen molar-refractivity contribution in [3.8, 4) is 5.75 Å². The van der Waals surface area contributed by atoms with Crippen molar-refractivity contribution < 1.29 is 117 Å². The number of carboxylic acids is 3. The summed E-state index contributed by atoms with van der Waals surface area (Å²) in [6.45, 7) is 16.1. The quantitative estimate of drug-likeness (QED) is 0.0218. The van der Waals surface area contributed by atoms with E-state index in [1.165, 1.54) is 70.1 Å². The van der Waals surface area contributed by atoms with Crippen LogP contribution >= 0.6 is 0 Å². The monoisotopic (exact) mass is 2040 g/mol. The van der Waals surface area contributed by atoms with Gasteiger partial charge < -0.3 is 136 Å². The number of nitrogens with zero attached hydrogens (tertiary/aromatic N) is 3. The molecular formula is C100H133N23O24. The topological polar surface area (TPSA) is 724 Å². The molecule has 1 saturated heterocycles. The zero-order valence-electron chi connectivity index (χ0n) is 83.4. The lowest BCUT2D eigenvalue weighted by Gasteiger charge is -2.31. The van der Waals surface area contributed by atoms with Crippen LogP contribution in [-0.2, 0) is 130 Å². The molecule has 47 nitrogen and oxygen atoms in total. The fourth-order valence-electron chi connectivity index (χ4n) is 16.7. The van der Waals surface area contributed by atoms with Gasteiger partial charge in [-0.3, -0.25) is 86.3 Å². The molecule has 8 aromatic rings. The molecule has 0 radical (unpaired) electrons. The highest BCUT2D eigenvalue weighted by Crippen LogP contribution is 2.26. The molecule has 9 rings (SSSR count). The number of H-pyrrole nitrogens is 4. The van der Waals surface area contributed by atoms with Gasteiger partial charge in [0.1, 0.15) is 96.4 Å². The number of aromatic hydroxyl groups is 1. The molecule has 16 amide bonds. The summed E-state index contributed by atoms with van der Waals surface area (Å²) in [6.07, 6.45) is 4.13. The Balaban J connectivity index is 0.883. The largest absolute Gasteiger partial charge is 0.508 e. The van der Waals surface area contributed by atoms with Gasteiger partial charge in [0, 0.05) is 103 Å². The van der Waals surface area contributed by atoms with Crippen LogP contribution in [0.4, 0.5) is 0 Å². The average molecular weight is 2040 g/mol. The third-order valence-corrected chi connectivity index (χ3v) is 25.3. The number of carbonyl (C=O) groups excluding carboxylic acids is 16. The van der Waals surface area contributed by atoms with Gasteiger partial charge in [0.15, 0.2) is 0 Å². The zero-order chi connectivity index (χ0) is 108. The molecule has 0 aliphatic carbocycles. The van der Waals surface area contributed by atoms with Gasteiger partial charge in [-0.05, 0) is 110 Å². The number of carbonyl (C=O) groups is 19. The Morgan fingerprint density at radius 1 is 0.415 bits per heavy atom. The number of aliphatic hydroxyl groups is 1. The van der Waals surface area contributed by atoms with E-state index in [1.54, 1.807) is 147 Å². The normalized spacial score (nSPS) is 16.1. The van der Waals surface area contributed by atoms with Gasteiger partial charge >= 0.3 is 17.9 Å². The van der Waals surface area contributed by atoms with Crippen molar-refractivity contribution in [1.82, 2.24) is 115 Å². The zero-order valence-corrected chi connectivity index (χ0v) is 83.4. The summed E-state index contributed by atoms with van der Waals surface area (Å²) in [5.41, 5.74) is 9.97. The highest BCUT2D eigenvalue weighted by Gasteiger charge is 2.44. The SMILES string of the molecule is CCC(C)C(NC(=O)C(CC(=O)O)NC(=O)C(CC(C)C)NC(=O)C(Cc1cnc[nH]1)NC(=O)C(C)NC(=O)C(Cc1ccccc1)NC(=O)C(Cc1ccc(O)cc1)NC(=O)C(NC(=O)C(Cc1c[nH]c2ccccc12)NC(=O)C(CC(=O)O)NC(=O)C1CCCN1C(=O)C(C)NC(=O)C(NC(=O)CNC(=O)C(N)Cc1cnc[nH]1)C(C)O)C(C)C)C(=O)NC(C(=O)NC(Cc1c[nH]c2ccccc12)C(=O)O)C(C)CC. The van der Waals surface area contributed by atoms with Gasteiger partial charge in [-0.1, -0.05) is 147 Å². The predicted molar refractivity (Wildman–Crippen MR) is 532 cm³/mol. The lowest BCUT2D eigenvalue weighted by atomic mass is 9.94. The molecule has 4 aromatic carbocycles. The molecule has 792 valence electrons. The Bertz CT molecular complexity index is 5930. The van der Waals surface area contributed by atoms with Gasteiger partial charge in [-0.15, -0.1) is 0 Å². The van der Waals surface area contributed by atoms with Crippen LogP contribution in [0.15, 0.2) is 141 Å². The van der Waals surface area contributed by atoms with Gasteiger partial charge in [0.05, 0.1) is 44.2 Å². The summed E-state index contributed by atoms with van der Waals surface area (Å²) in [7, 11) is 0. The Morgan fingerprint density at radius 3 is 1.35 bits per heavy atom. The maximum Gasteiger partial charge on any atom is 0.326 e. The molecular weight excluding hydrogens is 1910 g/mol. The Labute approximate surface area is 846 Å². The number of aromatic amines is 4. The van der Waals surface area contributed by atoms with E-state index in [0.717, 1.165) is 15.8 Å². The highest BCUT2D eigenvalue weighted by atomic mass is 16.4. The molecule has 5 heterocycles. The molecule has 0 spiro atoms. The molecule has 19 atom stereocenters. The number of para-hydroxylation sites is 2. The number of likely N-dealkylation sites (tertiary alicyclic amines) is 1. The van der Waals surface area contributed by atoms with E-state index < -0.39 is 258 Å². The van der Waals surface area contributed by atoms with Crippen molar-refractivity contribution in [2.75, 3.05) is 13.1 Å². The summed E-state index contributed by atoms with van der Waals surface area (Å²) in [5, 5.41) is 91.4. The first-order valence-electron chi connectivity index (χ1n) is 48.6. The Morgan fingerprint density at radius 2 is 0.830 bits per heavy atom. The second-order valence-corrected chi connectivity index (χ2v) is 37.6. The van der Waals surface area contributed by atoms with E-state index in [-0.39, 0.29) is 82.2 Å². The number of hydrogen-bond acceptors (Lipinski definition) is 24. The summed E-state index contributed by atoms with van der Waals surface area (Å²) in [5.74, 6) is -23.0. The number of nitrogens with two attached hydrogens (primary N) is 1. The summed E-state index contributed by atoms with van der Waals surface area (Å²) < 4.78 is 0. The van der Waals surface area contributed by atoms with Crippen LogP contribution in [0, 0.1) is 23.7 Å². The van der Waals surface area contributed by atoms with Crippen LogP contribution in [0.3, 0.4) is 0 Å². The third kappa shape index (κ3) is 33.8. The van der Waals surface area contributed by atoms with E-state index in [9.17, 15) is 97.5 Å². The van der Waals surface area contributed by atoms with Crippen LogP contribution in [0.5, 0.6) is 5.75 Å². The van der Waals surface area contributed by atoms with Crippen LogP contribution < -0.4 is 85.5 Å². The summed E-state index contributed by atoms with van der Waals surface area (Å²) in [4.78, 5) is 290. The fraction of sp³-hybridized carbons (Fsp3) is 0.470. The van der Waals surface area contributed by atoms with E-state index in [2.05, 4.69) is 110 Å². The number of nitrogens with one attached hydrogen (secondary N) is 19. The van der Waals surface area contributed by atoms with Crippen molar-refractivity contribution in [3.63, 3.8) is 0 Å². The molecule has 26 N–H and O–H groups in total. The Hall–Kier alpha value is -16.0. The van der Waals surface area contributed by atoms with Crippen LogP contribution in [0.25, 0.3) is 21.8 Å². The number of hydrogen-bond donors (Lipinski definition) is 25. The molecule has 1 aliphatic heterocycles. The maximum atomic E-state index is 15.3. The highest BCUT2D eigenvalue weighted by molar-refractivity contribution is 6.03. The van der Waals surface area contributed by atoms with Crippen LogP contribution in [0.1, 0.15) is 155 Å². The standard InChI is InChI=1S/C100H133N23O24/c1-12-52(7)82(96(142)118-76(100(146)147)38-60-44-105-68-27-20-18-25-65(60)68)122-97(143)83(53(8)13-2)121-93(139)75(42-80(129)130)115-88(134)69(34-50(3)4)112-90(136)73(40-62-46-103-49-108-62)111-85(131)54(9)109-87(133)70(35-57-22-15-14-16-23-57)113-89(135)71(36-58-29-31-63(125)32-30-58)117-95(141)81(51(5)6)120-92(138)72(37-59-43-104-67-26-19-17-24-64(59)67)114-91(137)74(41-79(127)128)116-94(140)77-28-21-33-123(77)99(145)55(10)110-98(144)84(56(11)124)119-78(126)47-106-86(132)66(101)39-61-45-102-48-107-61/h14-20,22-27,29-32,43-46,48-56,66,69-77,81-84,104-105,124-125H,12-13,21,28,33-42,47,101H2,1-11H3,(H,102,107)(H,103,108)(H,106,132)(H,109,133)(H,110,144)(H,111,131)(H,112,136)(H,113,135)(H,114,137)(H,115,134)(H,116,140)(H,117,141)(H,118,142)(H,119,126)(H,120,138)(H,121,139)(H,122,143)(H,127,128)(H,129,130)(H,146,147). The van der Waals surface area contributed by atoms with Crippen LogP contribution in [0.2, 0.25) is 0 Å². The molecule has 1 aliphatic rings. The summed E-state index contributed by atoms with van der Waals surface area (Å²) >= 11 is 0. The minimum atomic E-state index is -1.96. The molecule has 147 heavy (non-hydrogen) atoms. The fourth-order valence-corrected chi connectivity index (χ4v) is 16.7. The van der Waals surface area contributed by atoms with Crippen molar-refractivity contribution in [1.29, 1.82) is 0 Å². The van der Waals surface area contributed by atoms with Crippen molar-refractivity contribution in [3.05, 3.63) is 174 Å². The van der Waals surface area contributed by atoms with Crippen molar-refractivity contribution in [2.24, 2.45) is 29.4 Å². The number of aliphatic hydroxyl groups excluding tert-OH is 1. The van der Waals surface area contributed by atoms with Crippen molar-refractivity contribution >= 4 is 134 Å². The maximum absolute atomic E-state index is 15.3. The minimum Gasteiger partial charge on any atom is -0.508 e. The first-order chi connectivity index (χ1) is 69.8. The minimum absolute atomic E-state index is 0.0260. The lowest BCUT2D eigenvalue weighted by molar-refractivity contribution is -0.144. The second-order valence-electron chi connectivity index (χ2n) is 37.6. The number of aromatic nitrogens is 6. The van der Waals surface area contributed by atoms with Gasteiger partial charge in [-0.25, -0.2) is 14.8 Å². The number of imidazole rings is 2. The van der Waals surface area contributed by atoms with E-state index >= 15 is 19.2 Å². The first-order valence-corrected chi connectivity index (χ1v) is 48.6. The van der Waals surface area contributed by atoms with E-state index in [4.69, 9.17) is 5.73 Å². The first kappa shape index (κ1) is 115. The van der Waals surface area contributed by atoms with Crippen LogP contribution in [-0.4, -0.2) is 289 Å². The van der Waals surface area contributed by atoms with Gasteiger partial charge in [0.2, 0.25) is 94.5 Å². The molecule has 4 aromatic heterocycles. The lowest BCUT2D eigenvalue weighted by Crippen LogP contribution is -2.62. The average Bonchev–Trinajstić information content (AvgIpc) is 1.80. The number of carboxylic acid groups (broad SMARTS) is 3. The molecule has 0 bridgehead atoms. The van der Waals surface area contributed by atoms with E-state index in [0.29, 0.717) is 45.3 Å². The number of benzene rings is 4. The predicted octanol–water partition coefficient (Wildman–Crippen LogP) is -0.972. The number of amides is 16. The number of phenolic OH excluding ortho intramolecular Hbond substituents is 1. The molecule has 1 fully saturated rings. The molecule has 19 unspecified atom stereocenters. The molecule has 0 saturated carbocycles. The van der Waals surface area contributed by atoms with Gasteiger partial charge in [-0.2, -0.15) is 0 Å². The van der Waals surface area contributed by atoms with E-state index in [1.807, 2.05) is 0 Å². The van der Waals surface area contributed by atoms with Crippen molar-refractivity contribution in [2.45, 2.75) is 262 Å². The second kappa shape index (κ2) is 54.6. The number of phenols is 1. The third-order valence-electron chi connectivity index (χ3n) is 25.3. The number of fused-ring (bicyclic) bond motifs is 2. The molecule has 47 heteroatoms. The number of rotatable bonds is 56.